The molecule has 2 rings (SSSR count). The van der Waals surface area contributed by atoms with E-state index >= 15 is 0 Å². The van der Waals surface area contributed by atoms with Crippen LogP contribution in [0.2, 0.25) is 5.02 Å². The number of H-pyrrole nitrogens is 1. The number of aldehydes is 1. The van der Waals surface area contributed by atoms with E-state index in [9.17, 15) is 4.79 Å². The Hall–Kier alpha value is -1.61. The van der Waals surface area contributed by atoms with E-state index < -0.39 is 0 Å². The van der Waals surface area contributed by atoms with Gasteiger partial charge in [0.05, 0.1) is 5.02 Å². The number of hydrogen-bond donors (Lipinski definition) is 1. The molecule has 76 valence electrons. The molecule has 1 heterocycles. The summed E-state index contributed by atoms with van der Waals surface area (Å²) in [6.45, 7) is 1.80. The average molecular weight is 221 g/mol. The normalized spacial score (nSPS) is 10.3. The van der Waals surface area contributed by atoms with Crippen LogP contribution in [-0.4, -0.2) is 16.3 Å². The first-order valence-corrected chi connectivity index (χ1v) is 4.87. The Morgan fingerprint density at radius 1 is 1.40 bits per heavy atom. The predicted octanol–water partition coefficient (Wildman–Crippen LogP) is 2.85. The molecule has 0 aliphatic carbocycles. The lowest BCUT2D eigenvalue weighted by atomic mass is 10.2. The van der Waals surface area contributed by atoms with Crippen molar-refractivity contribution in [3.8, 4) is 11.4 Å². The highest BCUT2D eigenvalue weighted by atomic mass is 35.5. The van der Waals surface area contributed by atoms with Gasteiger partial charge < -0.3 is 4.98 Å². The Labute approximate surface area is 92.1 Å². The maximum absolute atomic E-state index is 10.6. The molecule has 15 heavy (non-hydrogen) atoms. The molecule has 0 bridgehead atoms. The molecule has 0 unspecified atom stereocenters. The Bertz CT molecular complexity index is 505. The highest BCUT2D eigenvalue weighted by molar-refractivity contribution is 6.33. The standard InChI is InChI=1S/C11H9ClN2O/c1-7-10(6-15)14-11(13-7)8-4-2-3-5-9(8)12/h2-6H,1H3,(H,13,14). The van der Waals surface area contributed by atoms with E-state index in [-0.39, 0.29) is 0 Å². The second-order valence-electron chi connectivity index (χ2n) is 3.19. The molecule has 0 spiro atoms. The van der Waals surface area contributed by atoms with E-state index in [2.05, 4.69) is 9.97 Å². The number of aromatic amines is 1. The van der Waals surface area contributed by atoms with Gasteiger partial charge in [-0.2, -0.15) is 0 Å². The second-order valence-corrected chi connectivity index (χ2v) is 3.60. The molecule has 1 aromatic carbocycles. The third-order valence-corrected chi connectivity index (χ3v) is 2.49. The van der Waals surface area contributed by atoms with E-state index in [1.165, 1.54) is 0 Å². The summed E-state index contributed by atoms with van der Waals surface area (Å²) in [4.78, 5) is 17.8. The van der Waals surface area contributed by atoms with Crippen molar-refractivity contribution in [2.45, 2.75) is 6.92 Å². The van der Waals surface area contributed by atoms with Crippen molar-refractivity contribution < 1.29 is 4.79 Å². The fourth-order valence-electron chi connectivity index (χ4n) is 1.37. The molecule has 0 saturated heterocycles. The lowest BCUT2D eigenvalue weighted by Crippen LogP contribution is -1.83. The van der Waals surface area contributed by atoms with E-state index in [0.29, 0.717) is 16.5 Å². The molecule has 0 amide bonds. The zero-order valence-electron chi connectivity index (χ0n) is 8.12. The summed E-state index contributed by atoms with van der Waals surface area (Å²) in [6, 6.07) is 7.37. The molecule has 0 atom stereocenters. The fraction of sp³-hybridized carbons (Fsp3) is 0.0909. The van der Waals surface area contributed by atoms with Crippen LogP contribution < -0.4 is 0 Å². The third-order valence-electron chi connectivity index (χ3n) is 2.16. The zero-order valence-corrected chi connectivity index (χ0v) is 8.88. The lowest BCUT2D eigenvalue weighted by molar-refractivity contribution is 0.111. The topological polar surface area (TPSA) is 45.8 Å². The van der Waals surface area contributed by atoms with Crippen LogP contribution >= 0.6 is 11.6 Å². The maximum atomic E-state index is 10.6. The molecule has 1 N–H and O–H groups in total. The minimum Gasteiger partial charge on any atom is -0.341 e. The van der Waals surface area contributed by atoms with Gasteiger partial charge in [-0.25, -0.2) is 4.98 Å². The quantitative estimate of drug-likeness (QED) is 0.791. The van der Waals surface area contributed by atoms with Crippen molar-refractivity contribution in [2.75, 3.05) is 0 Å². The van der Waals surface area contributed by atoms with Gasteiger partial charge in [-0.1, -0.05) is 23.7 Å². The van der Waals surface area contributed by atoms with Gasteiger partial charge in [-0.3, -0.25) is 4.79 Å². The Morgan fingerprint density at radius 2 is 2.13 bits per heavy atom. The van der Waals surface area contributed by atoms with Gasteiger partial charge in [0, 0.05) is 11.3 Å². The summed E-state index contributed by atoms with van der Waals surface area (Å²) in [5.41, 5.74) is 1.97. The zero-order chi connectivity index (χ0) is 10.8. The fourth-order valence-corrected chi connectivity index (χ4v) is 1.59. The Kier molecular flexibility index (Phi) is 2.56. The lowest BCUT2D eigenvalue weighted by Gasteiger charge is -1.98. The van der Waals surface area contributed by atoms with Crippen LogP contribution in [-0.2, 0) is 0 Å². The van der Waals surface area contributed by atoms with Crippen LogP contribution in [0.25, 0.3) is 11.4 Å². The maximum Gasteiger partial charge on any atom is 0.170 e. The monoisotopic (exact) mass is 220 g/mol. The van der Waals surface area contributed by atoms with Gasteiger partial charge in [0.25, 0.3) is 0 Å². The number of rotatable bonds is 2. The predicted molar refractivity (Wildman–Crippen MR) is 59.2 cm³/mol. The van der Waals surface area contributed by atoms with Crippen molar-refractivity contribution in [2.24, 2.45) is 0 Å². The van der Waals surface area contributed by atoms with E-state index in [1.807, 2.05) is 18.2 Å². The van der Waals surface area contributed by atoms with Crippen LogP contribution in [0.1, 0.15) is 16.2 Å². The highest BCUT2D eigenvalue weighted by Gasteiger charge is 2.09. The van der Waals surface area contributed by atoms with Gasteiger partial charge in [0.15, 0.2) is 6.29 Å². The first-order chi connectivity index (χ1) is 7.22. The van der Waals surface area contributed by atoms with Gasteiger partial charge in [-0.05, 0) is 19.1 Å². The van der Waals surface area contributed by atoms with E-state index in [0.717, 1.165) is 17.5 Å². The van der Waals surface area contributed by atoms with Crippen LogP contribution in [0.4, 0.5) is 0 Å². The van der Waals surface area contributed by atoms with Crippen molar-refractivity contribution >= 4 is 17.9 Å². The van der Waals surface area contributed by atoms with Crippen molar-refractivity contribution in [1.82, 2.24) is 9.97 Å². The number of nitrogens with zero attached hydrogens (tertiary/aromatic N) is 1. The van der Waals surface area contributed by atoms with Gasteiger partial charge in [0.2, 0.25) is 0 Å². The smallest absolute Gasteiger partial charge is 0.170 e. The van der Waals surface area contributed by atoms with Gasteiger partial charge in [0.1, 0.15) is 11.5 Å². The summed E-state index contributed by atoms with van der Waals surface area (Å²) in [5.74, 6) is 0.625. The summed E-state index contributed by atoms with van der Waals surface area (Å²) < 4.78 is 0. The number of benzene rings is 1. The summed E-state index contributed by atoms with van der Waals surface area (Å²) in [5, 5.41) is 0.615. The summed E-state index contributed by atoms with van der Waals surface area (Å²) in [6.07, 6.45) is 0.728. The summed E-state index contributed by atoms with van der Waals surface area (Å²) >= 11 is 6.02. The third kappa shape index (κ3) is 1.78. The van der Waals surface area contributed by atoms with Crippen LogP contribution in [0.5, 0.6) is 0 Å². The first kappa shape index (κ1) is 9.93. The van der Waals surface area contributed by atoms with Gasteiger partial charge in [-0.15, -0.1) is 0 Å². The number of carbonyl (C=O) groups is 1. The number of halogens is 1. The van der Waals surface area contributed by atoms with Crippen LogP contribution in [0.15, 0.2) is 24.3 Å². The molecule has 0 saturated carbocycles. The van der Waals surface area contributed by atoms with Crippen molar-refractivity contribution in [1.29, 1.82) is 0 Å². The van der Waals surface area contributed by atoms with Crippen molar-refractivity contribution in [3.05, 3.63) is 40.7 Å². The minimum absolute atomic E-state index is 0.421. The first-order valence-electron chi connectivity index (χ1n) is 4.49. The molecule has 0 aliphatic heterocycles. The molecule has 3 nitrogen and oxygen atoms in total. The molecule has 0 radical (unpaired) electrons. The number of nitrogens with one attached hydrogen (secondary N) is 1. The molecule has 4 heteroatoms. The average Bonchev–Trinajstić information content (AvgIpc) is 2.60. The highest BCUT2D eigenvalue weighted by Crippen LogP contribution is 2.25. The van der Waals surface area contributed by atoms with Gasteiger partial charge >= 0.3 is 0 Å². The van der Waals surface area contributed by atoms with Crippen molar-refractivity contribution in [3.63, 3.8) is 0 Å². The molecule has 0 aliphatic rings. The molecule has 0 fully saturated rings. The Balaban J connectivity index is 2.55. The number of carbonyl (C=O) groups excluding carboxylic acids is 1. The number of aryl methyl sites for hydroxylation is 1. The molecular formula is C11H9ClN2O. The largest absolute Gasteiger partial charge is 0.341 e. The van der Waals surface area contributed by atoms with E-state index in [1.54, 1.807) is 13.0 Å². The minimum atomic E-state index is 0.421. The van der Waals surface area contributed by atoms with Crippen LogP contribution in [0, 0.1) is 6.92 Å². The number of aromatic nitrogens is 2. The van der Waals surface area contributed by atoms with Crippen LogP contribution in [0.3, 0.4) is 0 Å². The molecular weight excluding hydrogens is 212 g/mol. The van der Waals surface area contributed by atoms with E-state index in [4.69, 9.17) is 11.6 Å². The SMILES string of the molecule is Cc1[nH]c(-c2ccccc2Cl)nc1C=O. The summed E-state index contributed by atoms with van der Waals surface area (Å²) in [7, 11) is 0. The molecule has 2 aromatic rings. The number of imidazole rings is 1. The Morgan fingerprint density at radius 3 is 2.73 bits per heavy atom. The second kappa shape index (κ2) is 3.87. The number of hydrogen-bond acceptors (Lipinski definition) is 2. The molecule has 1 aromatic heterocycles.